The van der Waals surface area contributed by atoms with Crippen LogP contribution in [0.1, 0.15) is 60.7 Å². The SMILES string of the molecule is Cc1cc(C=C2C(=O)N(C)c3ccc(S(=O)(=O)N4CCOCC4)cc32)c(C)n1C1CCCCC1. The minimum absolute atomic E-state index is 0.113. The lowest BCUT2D eigenvalue weighted by Crippen LogP contribution is -2.40. The first kappa shape index (κ1) is 23.3. The van der Waals surface area contributed by atoms with Crippen molar-refractivity contribution in [1.82, 2.24) is 8.87 Å². The molecule has 0 unspecified atom stereocenters. The number of carbonyl (C=O) groups excluding carboxylic acids is 1. The molecule has 2 aliphatic heterocycles. The van der Waals surface area contributed by atoms with Gasteiger partial charge in [-0.15, -0.1) is 0 Å². The molecule has 1 aromatic carbocycles. The largest absolute Gasteiger partial charge is 0.379 e. The Morgan fingerprint density at radius 3 is 2.44 bits per heavy atom. The van der Waals surface area contributed by atoms with Crippen LogP contribution in [0.15, 0.2) is 29.2 Å². The van der Waals surface area contributed by atoms with E-state index >= 15 is 0 Å². The lowest BCUT2D eigenvalue weighted by atomic mass is 9.95. The average molecular weight is 484 g/mol. The molecule has 3 heterocycles. The number of aryl methyl sites for hydroxylation is 1. The van der Waals surface area contributed by atoms with Gasteiger partial charge >= 0.3 is 0 Å². The van der Waals surface area contributed by atoms with Crippen molar-refractivity contribution < 1.29 is 17.9 Å². The summed E-state index contributed by atoms with van der Waals surface area (Å²) >= 11 is 0. The van der Waals surface area contributed by atoms with Gasteiger partial charge < -0.3 is 14.2 Å². The number of carbonyl (C=O) groups is 1. The fourth-order valence-corrected chi connectivity index (χ4v) is 7.10. The number of hydrogen-bond donors (Lipinski definition) is 0. The molecule has 5 rings (SSSR count). The van der Waals surface area contributed by atoms with Crippen molar-refractivity contribution in [2.45, 2.75) is 56.9 Å². The topological polar surface area (TPSA) is 71.8 Å². The number of anilines is 1. The molecule has 1 amide bonds. The highest BCUT2D eigenvalue weighted by molar-refractivity contribution is 7.89. The fraction of sp³-hybridized carbons (Fsp3) is 0.500. The van der Waals surface area contributed by atoms with Crippen LogP contribution in [0.4, 0.5) is 5.69 Å². The standard InChI is InChI=1S/C26H33N3O4S/c1-18-15-20(19(2)29(18)21-7-5-4-6-8-21)16-24-23-17-22(9-10-25(23)27(3)26(24)30)34(31,32)28-11-13-33-14-12-28/h9-10,15-17,21H,4-8,11-14H2,1-3H3. The smallest absolute Gasteiger partial charge is 0.258 e. The number of morpholine rings is 1. The van der Waals surface area contributed by atoms with Crippen LogP contribution in [0.5, 0.6) is 0 Å². The molecule has 1 aromatic heterocycles. The monoisotopic (exact) mass is 483 g/mol. The van der Waals surface area contributed by atoms with Crippen LogP contribution in [0.3, 0.4) is 0 Å². The number of rotatable bonds is 4. The first-order valence-electron chi connectivity index (χ1n) is 12.2. The van der Waals surface area contributed by atoms with E-state index in [1.54, 1.807) is 30.1 Å². The fourth-order valence-electron chi connectivity index (χ4n) is 5.67. The van der Waals surface area contributed by atoms with E-state index in [4.69, 9.17) is 4.74 Å². The number of nitrogens with zero attached hydrogens (tertiary/aromatic N) is 3. The second kappa shape index (κ2) is 8.98. The highest BCUT2D eigenvalue weighted by Gasteiger charge is 2.33. The second-order valence-electron chi connectivity index (χ2n) is 9.61. The van der Waals surface area contributed by atoms with Crippen molar-refractivity contribution >= 4 is 33.3 Å². The first-order valence-corrected chi connectivity index (χ1v) is 13.6. The van der Waals surface area contributed by atoms with Crippen LogP contribution >= 0.6 is 0 Å². The zero-order chi connectivity index (χ0) is 24.0. The maximum absolute atomic E-state index is 13.2. The lowest BCUT2D eigenvalue weighted by molar-refractivity contribution is -0.112. The van der Waals surface area contributed by atoms with E-state index in [-0.39, 0.29) is 10.8 Å². The van der Waals surface area contributed by atoms with E-state index in [2.05, 4.69) is 24.5 Å². The van der Waals surface area contributed by atoms with Gasteiger partial charge in [-0.3, -0.25) is 4.79 Å². The highest BCUT2D eigenvalue weighted by atomic mass is 32.2. The summed E-state index contributed by atoms with van der Waals surface area (Å²) in [5.41, 5.74) is 5.34. The van der Waals surface area contributed by atoms with Gasteiger partial charge in [-0.1, -0.05) is 19.3 Å². The van der Waals surface area contributed by atoms with Crippen LogP contribution in [-0.2, 0) is 19.6 Å². The second-order valence-corrected chi connectivity index (χ2v) is 11.5. The van der Waals surface area contributed by atoms with Gasteiger partial charge in [-0.2, -0.15) is 4.31 Å². The van der Waals surface area contributed by atoms with Crippen molar-refractivity contribution in [2.24, 2.45) is 0 Å². The number of aromatic nitrogens is 1. The van der Waals surface area contributed by atoms with Crippen LogP contribution in [0.25, 0.3) is 11.6 Å². The molecular formula is C26H33N3O4S. The molecule has 0 atom stereocenters. The third-order valence-electron chi connectivity index (χ3n) is 7.53. The van der Waals surface area contributed by atoms with E-state index < -0.39 is 10.0 Å². The lowest BCUT2D eigenvalue weighted by Gasteiger charge is -2.26. The average Bonchev–Trinajstić information content (AvgIpc) is 3.27. The van der Waals surface area contributed by atoms with E-state index in [0.717, 1.165) is 16.9 Å². The number of fused-ring (bicyclic) bond motifs is 1. The van der Waals surface area contributed by atoms with Gasteiger partial charge in [-0.25, -0.2) is 8.42 Å². The van der Waals surface area contributed by atoms with Gasteiger partial charge in [0.1, 0.15) is 0 Å². The number of benzene rings is 1. The number of amides is 1. The highest BCUT2D eigenvalue weighted by Crippen LogP contribution is 2.40. The number of sulfonamides is 1. The quantitative estimate of drug-likeness (QED) is 0.613. The maximum atomic E-state index is 13.2. The number of hydrogen-bond acceptors (Lipinski definition) is 4. The zero-order valence-corrected chi connectivity index (χ0v) is 21.0. The van der Waals surface area contributed by atoms with Crippen molar-refractivity contribution in [3.05, 3.63) is 46.8 Å². The van der Waals surface area contributed by atoms with Crippen LogP contribution in [0.2, 0.25) is 0 Å². The van der Waals surface area contributed by atoms with Crippen molar-refractivity contribution in [3.63, 3.8) is 0 Å². The molecule has 3 aliphatic rings. The van der Waals surface area contributed by atoms with Gasteiger partial charge in [-0.05, 0) is 62.6 Å². The summed E-state index contributed by atoms with van der Waals surface area (Å²) in [6.07, 6.45) is 8.15. The van der Waals surface area contributed by atoms with Crippen molar-refractivity contribution in [2.75, 3.05) is 38.3 Å². The third-order valence-corrected chi connectivity index (χ3v) is 9.42. The summed E-state index contributed by atoms with van der Waals surface area (Å²) in [7, 11) is -1.91. The summed E-state index contributed by atoms with van der Waals surface area (Å²) in [5, 5.41) is 0. The van der Waals surface area contributed by atoms with Crippen LogP contribution in [-0.4, -0.2) is 56.5 Å². The molecule has 2 aromatic rings. The van der Waals surface area contributed by atoms with Gasteiger partial charge in [0.2, 0.25) is 10.0 Å². The molecule has 1 aliphatic carbocycles. The van der Waals surface area contributed by atoms with E-state index in [1.807, 2.05) is 6.08 Å². The molecule has 1 saturated carbocycles. The van der Waals surface area contributed by atoms with E-state index in [9.17, 15) is 13.2 Å². The molecule has 34 heavy (non-hydrogen) atoms. The summed E-state index contributed by atoms with van der Waals surface area (Å²) in [6, 6.07) is 7.67. The van der Waals surface area contributed by atoms with Crippen LogP contribution in [0, 0.1) is 13.8 Å². The molecule has 0 bridgehead atoms. The first-order chi connectivity index (χ1) is 16.3. The molecule has 7 nitrogen and oxygen atoms in total. The summed E-state index contributed by atoms with van der Waals surface area (Å²) < 4.78 is 35.7. The van der Waals surface area contributed by atoms with Crippen LogP contribution < -0.4 is 4.90 Å². The third kappa shape index (κ3) is 3.91. The molecule has 0 radical (unpaired) electrons. The molecule has 1 saturated heterocycles. The minimum Gasteiger partial charge on any atom is -0.379 e. The Kier molecular flexibility index (Phi) is 6.16. The zero-order valence-electron chi connectivity index (χ0n) is 20.2. The Hall–Kier alpha value is -2.42. The molecule has 2 fully saturated rings. The predicted octanol–water partition coefficient (Wildman–Crippen LogP) is 4.15. The maximum Gasteiger partial charge on any atom is 0.258 e. The normalized spacial score (nSPS) is 21.4. The van der Waals surface area contributed by atoms with E-state index in [1.165, 1.54) is 42.1 Å². The van der Waals surface area contributed by atoms with Gasteiger partial charge in [0.05, 0.1) is 23.8 Å². The van der Waals surface area contributed by atoms with E-state index in [0.29, 0.717) is 43.5 Å². The van der Waals surface area contributed by atoms with Crippen molar-refractivity contribution in [1.29, 1.82) is 0 Å². The number of ether oxygens (including phenoxy) is 1. The summed E-state index contributed by atoms with van der Waals surface area (Å²) in [6.45, 7) is 5.73. The molecule has 0 spiro atoms. The summed E-state index contributed by atoms with van der Waals surface area (Å²) in [4.78, 5) is 15.0. The summed E-state index contributed by atoms with van der Waals surface area (Å²) in [5.74, 6) is -0.113. The van der Waals surface area contributed by atoms with Gasteiger partial charge in [0, 0.05) is 48.7 Å². The molecule has 0 N–H and O–H groups in total. The Labute approximate surface area is 202 Å². The Bertz CT molecular complexity index is 1250. The predicted molar refractivity (Wildman–Crippen MR) is 133 cm³/mol. The molecule has 8 heteroatoms. The Morgan fingerprint density at radius 2 is 1.74 bits per heavy atom. The molecular weight excluding hydrogens is 450 g/mol. The van der Waals surface area contributed by atoms with Gasteiger partial charge in [0.15, 0.2) is 0 Å². The minimum atomic E-state index is -3.65. The van der Waals surface area contributed by atoms with Gasteiger partial charge in [0.25, 0.3) is 5.91 Å². The number of likely N-dealkylation sites (N-methyl/N-ethyl adjacent to an activating group) is 1. The van der Waals surface area contributed by atoms with Crippen molar-refractivity contribution in [3.8, 4) is 0 Å². The Balaban J connectivity index is 1.55. The Morgan fingerprint density at radius 1 is 1.03 bits per heavy atom. The molecule has 182 valence electrons.